The van der Waals surface area contributed by atoms with Gasteiger partial charge in [0.05, 0.1) is 5.69 Å². The Balaban J connectivity index is 1.62. The molecule has 4 heteroatoms. The highest BCUT2D eigenvalue weighted by Crippen LogP contribution is 2.39. The first-order valence-electron chi connectivity index (χ1n) is 6.35. The Hall–Kier alpha value is -1.61. The number of halogens is 2. The molecule has 1 aliphatic carbocycles. The predicted octanol–water partition coefficient (Wildman–Crippen LogP) is 4.23. The van der Waals surface area contributed by atoms with Crippen molar-refractivity contribution in [3.8, 4) is 0 Å². The average Bonchev–Trinajstić information content (AvgIpc) is 2.37. The molecule has 0 amide bonds. The van der Waals surface area contributed by atoms with E-state index in [1.807, 2.05) is 24.3 Å². The number of pyridine rings is 1. The molecular weight excluding hydrogens is 263 g/mol. The zero-order valence-corrected chi connectivity index (χ0v) is 11.1. The van der Waals surface area contributed by atoms with Gasteiger partial charge in [0.25, 0.3) is 0 Å². The molecule has 0 aliphatic heterocycles. The lowest BCUT2D eigenvalue weighted by Gasteiger charge is -2.37. The maximum Gasteiger partial charge on any atom is 0.152 e. The summed E-state index contributed by atoms with van der Waals surface area (Å²) in [5.41, 5.74) is 1.67. The topological polar surface area (TPSA) is 24.9 Å². The van der Waals surface area contributed by atoms with Gasteiger partial charge in [0.1, 0.15) is 5.82 Å². The van der Waals surface area contributed by atoms with E-state index >= 15 is 0 Å². The fourth-order valence-electron chi connectivity index (χ4n) is 2.51. The lowest BCUT2D eigenvalue weighted by Crippen LogP contribution is -2.34. The van der Waals surface area contributed by atoms with Gasteiger partial charge in [-0.3, -0.25) is 0 Å². The summed E-state index contributed by atoms with van der Waals surface area (Å²) in [7, 11) is 0. The normalized spacial score (nSPS) is 21.8. The van der Waals surface area contributed by atoms with Crippen molar-refractivity contribution >= 4 is 17.3 Å². The van der Waals surface area contributed by atoms with E-state index in [1.54, 1.807) is 12.3 Å². The van der Waals surface area contributed by atoms with Crippen LogP contribution in [0.5, 0.6) is 0 Å². The highest BCUT2D eigenvalue weighted by molar-refractivity contribution is 6.31. The molecule has 1 N–H and O–H groups in total. The number of rotatable bonds is 3. The number of nitrogens with one attached hydrogen (secondary N) is 1. The van der Waals surface area contributed by atoms with Gasteiger partial charge < -0.3 is 5.32 Å². The summed E-state index contributed by atoms with van der Waals surface area (Å²) in [6.45, 7) is 0. The fraction of sp³-hybridized carbons (Fsp3) is 0.267. The summed E-state index contributed by atoms with van der Waals surface area (Å²) >= 11 is 5.99. The van der Waals surface area contributed by atoms with E-state index in [-0.39, 0.29) is 5.82 Å². The van der Waals surface area contributed by atoms with Gasteiger partial charge in [-0.25, -0.2) is 9.37 Å². The Morgan fingerprint density at radius 2 is 1.95 bits per heavy atom. The van der Waals surface area contributed by atoms with Gasteiger partial charge in [0, 0.05) is 12.2 Å². The molecule has 1 heterocycles. The van der Waals surface area contributed by atoms with Gasteiger partial charge in [0.2, 0.25) is 0 Å². The van der Waals surface area contributed by atoms with Crippen LogP contribution >= 0.6 is 11.6 Å². The zero-order valence-electron chi connectivity index (χ0n) is 10.3. The van der Waals surface area contributed by atoms with Crippen LogP contribution in [0.15, 0.2) is 42.6 Å². The van der Waals surface area contributed by atoms with Gasteiger partial charge in [-0.15, -0.1) is 0 Å². The quantitative estimate of drug-likeness (QED) is 0.849. The lowest BCUT2D eigenvalue weighted by molar-refractivity contribution is 0.363. The van der Waals surface area contributed by atoms with Crippen molar-refractivity contribution in [3.05, 3.63) is 59.1 Å². The molecule has 98 valence electrons. The lowest BCUT2D eigenvalue weighted by atomic mass is 9.75. The molecule has 1 aromatic heterocycles. The van der Waals surface area contributed by atoms with Crippen molar-refractivity contribution in [2.75, 3.05) is 5.32 Å². The first-order valence-corrected chi connectivity index (χ1v) is 6.73. The van der Waals surface area contributed by atoms with Crippen LogP contribution in [-0.2, 0) is 0 Å². The SMILES string of the molecule is Fc1ccccc1C1CC(Nc2cccnc2Cl)C1. The molecule has 0 bridgehead atoms. The largest absolute Gasteiger partial charge is 0.380 e. The van der Waals surface area contributed by atoms with Crippen molar-refractivity contribution in [2.45, 2.75) is 24.8 Å². The van der Waals surface area contributed by atoms with E-state index in [4.69, 9.17) is 11.6 Å². The van der Waals surface area contributed by atoms with E-state index in [1.165, 1.54) is 6.07 Å². The Morgan fingerprint density at radius 3 is 2.68 bits per heavy atom. The third-order valence-corrected chi connectivity index (χ3v) is 3.90. The van der Waals surface area contributed by atoms with Gasteiger partial charge in [-0.1, -0.05) is 29.8 Å². The third-order valence-electron chi connectivity index (χ3n) is 3.60. The summed E-state index contributed by atoms with van der Waals surface area (Å²) in [6, 6.07) is 11.1. The summed E-state index contributed by atoms with van der Waals surface area (Å²) in [5, 5.41) is 3.83. The van der Waals surface area contributed by atoms with Crippen molar-refractivity contribution in [2.24, 2.45) is 0 Å². The highest BCUT2D eigenvalue weighted by Gasteiger charge is 2.32. The molecule has 0 atom stereocenters. The Labute approximate surface area is 116 Å². The van der Waals surface area contributed by atoms with Crippen molar-refractivity contribution < 1.29 is 4.39 Å². The van der Waals surface area contributed by atoms with Crippen LogP contribution in [-0.4, -0.2) is 11.0 Å². The van der Waals surface area contributed by atoms with Crippen LogP contribution in [0.1, 0.15) is 24.3 Å². The predicted molar refractivity (Wildman–Crippen MR) is 75.0 cm³/mol. The van der Waals surface area contributed by atoms with Crippen molar-refractivity contribution in [1.29, 1.82) is 0 Å². The molecule has 3 rings (SSSR count). The van der Waals surface area contributed by atoms with E-state index in [2.05, 4.69) is 10.3 Å². The average molecular weight is 277 g/mol. The first kappa shape index (κ1) is 12.4. The maximum atomic E-state index is 13.6. The summed E-state index contributed by atoms with van der Waals surface area (Å²) in [5.74, 6) is 0.194. The second-order valence-electron chi connectivity index (χ2n) is 4.87. The molecule has 1 saturated carbocycles. The minimum atomic E-state index is -0.106. The van der Waals surface area contributed by atoms with E-state index < -0.39 is 0 Å². The van der Waals surface area contributed by atoms with Gasteiger partial charge in [-0.2, -0.15) is 0 Å². The monoisotopic (exact) mass is 276 g/mol. The van der Waals surface area contributed by atoms with Crippen LogP contribution in [0.4, 0.5) is 10.1 Å². The number of nitrogens with zero attached hydrogens (tertiary/aromatic N) is 1. The third kappa shape index (κ3) is 2.56. The van der Waals surface area contributed by atoms with Gasteiger partial charge in [0.15, 0.2) is 5.15 Å². The summed E-state index contributed by atoms with van der Waals surface area (Å²) in [6.07, 6.45) is 3.51. The zero-order chi connectivity index (χ0) is 13.2. The molecule has 1 fully saturated rings. The number of hydrogen-bond donors (Lipinski definition) is 1. The van der Waals surface area contributed by atoms with E-state index in [0.717, 1.165) is 24.1 Å². The van der Waals surface area contributed by atoms with E-state index in [0.29, 0.717) is 17.1 Å². The van der Waals surface area contributed by atoms with Gasteiger partial charge >= 0.3 is 0 Å². The Morgan fingerprint density at radius 1 is 1.16 bits per heavy atom. The molecule has 1 aliphatic rings. The summed E-state index contributed by atoms with van der Waals surface area (Å²) in [4.78, 5) is 4.02. The van der Waals surface area contributed by atoms with Gasteiger partial charge in [-0.05, 0) is 42.5 Å². The number of aromatic nitrogens is 1. The van der Waals surface area contributed by atoms with Crippen LogP contribution in [0.25, 0.3) is 0 Å². The summed E-state index contributed by atoms with van der Waals surface area (Å²) < 4.78 is 13.6. The molecule has 19 heavy (non-hydrogen) atoms. The molecule has 0 unspecified atom stereocenters. The minimum absolute atomic E-state index is 0.106. The minimum Gasteiger partial charge on any atom is -0.380 e. The second-order valence-corrected chi connectivity index (χ2v) is 5.23. The van der Waals surface area contributed by atoms with E-state index in [9.17, 15) is 4.39 Å². The van der Waals surface area contributed by atoms with Crippen LogP contribution < -0.4 is 5.32 Å². The standard InChI is InChI=1S/C15H14ClFN2/c16-15-14(6-3-7-18-15)19-11-8-10(9-11)12-4-1-2-5-13(12)17/h1-7,10-11,19H,8-9H2. The molecule has 0 radical (unpaired) electrons. The molecule has 0 spiro atoms. The Bertz CT molecular complexity index is 582. The molecule has 1 aromatic carbocycles. The van der Waals surface area contributed by atoms with Crippen LogP contribution in [0.3, 0.4) is 0 Å². The second kappa shape index (κ2) is 5.17. The number of anilines is 1. The molecular formula is C15H14ClFN2. The number of benzene rings is 1. The first-order chi connectivity index (χ1) is 9.24. The van der Waals surface area contributed by atoms with Crippen LogP contribution in [0, 0.1) is 5.82 Å². The van der Waals surface area contributed by atoms with Crippen molar-refractivity contribution in [1.82, 2.24) is 4.98 Å². The number of hydrogen-bond acceptors (Lipinski definition) is 2. The van der Waals surface area contributed by atoms with Crippen LogP contribution in [0.2, 0.25) is 5.15 Å². The molecule has 0 saturated heterocycles. The fourth-order valence-corrected chi connectivity index (χ4v) is 2.68. The maximum absolute atomic E-state index is 13.6. The Kier molecular flexibility index (Phi) is 3.38. The molecule has 2 aromatic rings. The molecule has 2 nitrogen and oxygen atoms in total. The van der Waals surface area contributed by atoms with Crippen molar-refractivity contribution in [3.63, 3.8) is 0 Å². The highest BCUT2D eigenvalue weighted by atomic mass is 35.5. The smallest absolute Gasteiger partial charge is 0.152 e.